The highest BCUT2D eigenvalue weighted by atomic mass is 19.3. The molecular formula is C16H21F3N2O2. The van der Waals surface area contributed by atoms with Crippen molar-refractivity contribution < 1.29 is 23.0 Å². The highest BCUT2D eigenvalue weighted by molar-refractivity contribution is 5.24. The van der Waals surface area contributed by atoms with Gasteiger partial charge in [-0.3, -0.25) is 4.90 Å². The normalized spacial score (nSPS) is 34.5. The molecule has 2 fully saturated rings. The number of halogens is 3. The van der Waals surface area contributed by atoms with Crippen molar-refractivity contribution in [1.82, 2.24) is 4.90 Å². The van der Waals surface area contributed by atoms with E-state index in [9.17, 15) is 18.3 Å². The van der Waals surface area contributed by atoms with E-state index in [0.29, 0.717) is 6.42 Å². The number of rotatable bonds is 3. The maximum atomic E-state index is 13.7. The molecule has 0 unspecified atom stereocenters. The molecule has 1 aliphatic carbocycles. The molecule has 3 N–H and O–H groups in total. The van der Waals surface area contributed by atoms with Crippen LogP contribution in [-0.4, -0.2) is 53.3 Å². The number of likely N-dealkylation sites (tertiary alicyclic amines) is 1. The van der Waals surface area contributed by atoms with E-state index < -0.39 is 36.0 Å². The second-order valence-electron chi connectivity index (χ2n) is 6.36. The molecule has 0 bridgehead atoms. The van der Waals surface area contributed by atoms with Crippen molar-refractivity contribution in [2.24, 2.45) is 5.73 Å². The van der Waals surface area contributed by atoms with Gasteiger partial charge < -0.3 is 15.6 Å². The quantitative estimate of drug-likeness (QED) is 0.887. The topological polar surface area (TPSA) is 58.7 Å². The highest BCUT2D eigenvalue weighted by Crippen LogP contribution is 2.34. The largest absolute Gasteiger partial charge is 0.485 e. The highest BCUT2D eigenvalue weighted by Gasteiger charge is 2.47. The number of piperidine rings is 1. The van der Waals surface area contributed by atoms with Crippen LogP contribution in [0.5, 0.6) is 5.75 Å². The van der Waals surface area contributed by atoms with Crippen molar-refractivity contribution in [1.29, 1.82) is 0 Å². The molecule has 3 rings (SSSR count). The van der Waals surface area contributed by atoms with Crippen LogP contribution < -0.4 is 10.5 Å². The minimum absolute atomic E-state index is 0.0644. The van der Waals surface area contributed by atoms with E-state index in [-0.39, 0.29) is 31.7 Å². The Bertz CT molecular complexity index is 548. The smallest absolute Gasteiger partial charge is 0.250 e. The van der Waals surface area contributed by atoms with Crippen LogP contribution in [0.1, 0.15) is 19.3 Å². The van der Waals surface area contributed by atoms with E-state index in [1.54, 1.807) is 17.0 Å². The summed E-state index contributed by atoms with van der Waals surface area (Å²) in [6.45, 7) is 0.379. The summed E-state index contributed by atoms with van der Waals surface area (Å²) in [5.74, 6) is -3.09. The molecule has 7 heteroatoms. The third kappa shape index (κ3) is 3.46. The molecule has 0 amide bonds. The molecule has 0 spiro atoms. The average molecular weight is 330 g/mol. The minimum atomic E-state index is -2.65. The van der Waals surface area contributed by atoms with Crippen molar-refractivity contribution in [2.75, 3.05) is 13.1 Å². The van der Waals surface area contributed by atoms with Crippen LogP contribution in [0.15, 0.2) is 24.3 Å². The molecule has 4 nitrogen and oxygen atoms in total. The summed E-state index contributed by atoms with van der Waals surface area (Å²) < 4.78 is 45.8. The number of ether oxygens (including phenoxy) is 1. The van der Waals surface area contributed by atoms with E-state index in [0.717, 1.165) is 0 Å². The van der Waals surface area contributed by atoms with Gasteiger partial charge in [-0.2, -0.15) is 0 Å². The minimum Gasteiger partial charge on any atom is -0.485 e. The predicted molar refractivity (Wildman–Crippen MR) is 79.0 cm³/mol. The zero-order valence-electron chi connectivity index (χ0n) is 12.7. The summed E-state index contributed by atoms with van der Waals surface area (Å²) in [6.07, 6.45) is -1.69. The van der Waals surface area contributed by atoms with Crippen molar-refractivity contribution in [3.8, 4) is 5.75 Å². The van der Waals surface area contributed by atoms with Crippen molar-refractivity contribution in [2.45, 2.75) is 49.5 Å². The number of hydrogen-bond donors (Lipinski definition) is 2. The number of aliphatic hydroxyl groups excluding tert-OH is 1. The fraction of sp³-hybridized carbons (Fsp3) is 0.625. The Hall–Kier alpha value is -1.31. The molecule has 0 radical (unpaired) electrons. The molecular weight excluding hydrogens is 309 g/mol. The van der Waals surface area contributed by atoms with Gasteiger partial charge >= 0.3 is 0 Å². The molecule has 0 aromatic heterocycles. The standard InChI is InChI=1S/C16H21F3N2O2/c17-10-3-1-2-4-12(10)23-13-9-11(20)14(15(13)22)21-7-5-16(18,19)6-8-21/h1-4,11,13-15,22H,5-9,20H2/t11-,13-,14+,15+/m1/s1. The number of benzene rings is 1. The molecule has 1 aromatic carbocycles. The summed E-state index contributed by atoms with van der Waals surface area (Å²) in [4.78, 5) is 1.80. The average Bonchev–Trinajstić information content (AvgIpc) is 2.77. The van der Waals surface area contributed by atoms with Gasteiger partial charge in [-0.15, -0.1) is 0 Å². The first kappa shape index (κ1) is 16.5. The van der Waals surface area contributed by atoms with Gasteiger partial charge in [0.2, 0.25) is 0 Å². The van der Waals surface area contributed by atoms with Gasteiger partial charge in [-0.05, 0) is 12.1 Å². The summed E-state index contributed by atoms with van der Waals surface area (Å²) in [6, 6.07) is 5.12. The fourth-order valence-electron chi connectivity index (χ4n) is 3.48. The first-order valence-corrected chi connectivity index (χ1v) is 7.84. The van der Waals surface area contributed by atoms with Gasteiger partial charge in [0.15, 0.2) is 11.6 Å². The number of aliphatic hydroxyl groups is 1. The zero-order valence-corrected chi connectivity index (χ0v) is 12.7. The number of alkyl halides is 2. The molecule has 1 aliphatic heterocycles. The van der Waals surface area contributed by atoms with Crippen LogP contribution in [0.2, 0.25) is 0 Å². The predicted octanol–water partition coefficient (Wildman–Crippen LogP) is 1.76. The molecule has 4 atom stereocenters. The molecule has 1 heterocycles. The third-order valence-electron chi connectivity index (χ3n) is 4.74. The monoisotopic (exact) mass is 330 g/mol. The summed E-state index contributed by atoms with van der Waals surface area (Å²) in [5, 5.41) is 10.5. The van der Waals surface area contributed by atoms with Gasteiger partial charge in [0.1, 0.15) is 12.2 Å². The number of nitrogens with zero attached hydrogens (tertiary/aromatic N) is 1. The maximum absolute atomic E-state index is 13.7. The van der Waals surface area contributed by atoms with Crippen molar-refractivity contribution >= 4 is 0 Å². The molecule has 1 aromatic rings. The van der Waals surface area contributed by atoms with Crippen LogP contribution in [0, 0.1) is 5.82 Å². The van der Waals surface area contributed by atoms with Gasteiger partial charge in [-0.25, -0.2) is 13.2 Å². The van der Waals surface area contributed by atoms with Crippen LogP contribution in [0.3, 0.4) is 0 Å². The Labute approximate surface area is 133 Å². The van der Waals surface area contributed by atoms with E-state index in [4.69, 9.17) is 10.5 Å². The first-order chi connectivity index (χ1) is 10.9. The van der Waals surface area contributed by atoms with E-state index in [1.807, 2.05) is 0 Å². The Kier molecular flexibility index (Phi) is 4.53. The van der Waals surface area contributed by atoms with Gasteiger partial charge in [-0.1, -0.05) is 12.1 Å². The summed E-state index contributed by atoms with van der Waals surface area (Å²) >= 11 is 0. The van der Waals surface area contributed by atoms with Crippen LogP contribution in [0.4, 0.5) is 13.2 Å². The number of para-hydroxylation sites is 1. The molecule has 2 aliphatic rings. The third-order valence-corrected chi connectivity index (χ3v) is 4.74. The summed E-state index contributed by atoms with van der Waals surface area (Å²) in [7, 11) is 0. The number of nitrogens with two attached hydrogens (primary N) is 1. The zero-order chi connectivity index (χ0) is 16.6. The molecule has 1 saturated carbocycles. The lowest BCUT2D eigenvalue weighted by Gasteiger charge is -2.38. The Balaban J connectivity index is 1.67. The van der Waals surface area contributed by atoms with E-state index in [2.05, 4.69) is 0 Å². The maximum Gasteiger partial charge on any atom is 0.250 e. The lowest BCUT2D eigenvalue weighted by Crippen LogP contribution is -2.54. The molecule has 128 valence electrons. The van der Waals surface area contributed by atoms with Crippen LogP contribution in [-0.2, 0) is 0 Å². The van der Waals surface area contributed by atoms with Gasteiger partial charge in [0, 0.05) is 38.4 Å². The lowest BCUT2D eigenvalue weighted by molar-refractivity contribution is -0.0780. The van der Waals surface area contributed by atoms with Gasteiger partial charge in [0.25, 0.3) is 5.92 Å². The van der Waals surface area contributed by atoms with Crippen LogP contribution in [0.25, 0.3) is 0 Å². The Morgan fingerprint density at radius 2 is 1.87 bits per heavy atom. The Morgan fingerprint density at radius 3 is 2.52 bits per heavy atom. The van der Waals surface area contributed by atoms with E-state index >= 15 is 0 Å². The molecule has 23 heavy (non-hydrogen) atoms. The van der Waals surface area contributed by atoms with Gasteiger partial charge in [0.05, 0.1) is 6.04 Å². The number of hydrogen-bond acceptors (Lipinski definition) is 4. The second-order valence-corrected chi connectivity index (χ2v) is 6.36. The first-order valence-electron chi connectivity index (χ1n) is 7.84. The SMILES string of the molecule is N[C@@H]1C[C@@H](Oc2ccccc2F)[C@H](O)[C@H]1N1CCC(F)(F)CC1. The second kappa shape index (κ2) is 6.30. The lowest BCUT2D eigenvalue weighted by atomic mass is 10.0. The van der Waals surface area contributed by atoms with Crippen molar-refractivity contribution in [3.05, 3.63) is 30.1 Å². The molecule has 1 saturated heterocycles. The summed E-state index contributed by atoms with van der Waals surface area (Å²) in [5.41, 5.74) is 6.09. The van der Waals surface area contributed by atoms with Crippen molar-refractivity contribution in [3.63, 3.8) is 0 Å². The fourth-order valence-corrected chi connectivity index (χ4v) is 3.48. The van der Waals surface area contributed by atoms with Crippen LogP contribution >= 0.6 is 0 Å². The van der Waals surface area contributed by atoms with E-state index in [1.165, 1.54) is 12.1 Å². The Morgan fingerprint density at radius 1 is 1.22 bits per heavy atom.